The van der Waals surface area contributed by atoms with Crippen LogP contribution in [0.15, 0.2) is 72.1 Å². The van der Waals surface area contributed by atoms with Crippen molar-refractivity contribution in [3.05, 3.63) is 82.6 Å². The summed E-state index contributed by atoms with van der Waals surface area (Å²) in [5.41, 5.74) is 1.90. The van der Waals surface area contributed by atoms with Crippen LogP contribution in [-0.2, 0) is 4.79 Å². The molecule has 0 bridgehead atoms. The minimum absolute atomic E-state index is 0.0647. The van der Waals surface area contributed by atoms with E-state index in [-0.39, 0.29) is 17.7 Å². The summed E-state index contributed by atoms with van der Waals surface area (Å²) in [5.74, 6) is -0.331. The normalized spacial score (nSPS) is 14.1. The molecular formula is C24H24N4O3S. The quantitative estimate of drug-likeness (QED) is 0.606. The lowest BCUT2D eigenvalue weighted by atomic mass is 10.1. The van der Waals surface area contributed by atoms with Gasteiger partial charge in [0.1, 0.15) is 0 Å². The minimum Gasteiger partial charge on any atom is -0.336 e. The molecule has 0 aliphatic carbocycles. The van der Waals surface area contributed by atoms with E-state index in [9.17, 15) is 14.4 Å². The van der Waals surface area contributed by atoms with Crippen molar-refractivity contribution in [2.24, 2.45) is 0 Å². The first-order valence-electron chi connectivity index (χ1n) is 10.4. The number of para-hydroxylation sites is 1. The highest BCUT2D eigenvalue weighted by atomic mass is 32.1. The molecule has 2 N–H and O–H groups in total. The maximum Gasteiger partial charge on any atom is 0.265 e. The highest BCUT2D eigenvalue weighted by Crippen LogP contribution is 2.17. The third kappa shape index (κ3) is 5.60. The van der Waals surface area contributed by atoms with E-state index in [1.165, 1.54) is 11.3 Å². The summed E-state index contributed by atoms with van der Waals surface area (Å²) >= 11 is 1.37. The van der Waals surface area contributed by atoms with Gasteiger partial charge in [0.05, 0.1) is 11.4 Å². The van der Waals surface area contributed by atoms with Crippen LogP contribution >= 0.6 is 11.3 Å². The average molecular weight is 449 g/mol. The molecular weight excluding hydrogens is 424 g/mol. The molecule has 4 rings (SSSR count). The summed E-state index contributed by atoms with van der Waals surface area (Å²) < 4.78 is 0. The topological polar surface area (TPSA) is 81.8 Å². The second kappa shape index (κ2) is 10.2. The molecule has 1 aliphatic heterocycles. The molecule has 3 amide bonds. The van der Waals surface area contributed by atoms with Gasteiger partial charge in [-0.05, 0) is 41.8 Å². The first-order chi connectivity index (χ1) is 15.6. The van der Waals surface area contributed by atoms with Crippen LogP contribution in [-0.4, -0.2) is 60.2 Å². The number of hydrogen-bond acceptors (Lipinski definition) is 5. The number of benzene rings is 2. The summed E-state index contributed by atoms with van der Waals surface area (Å²) in [6.07, 6.45) is 0. The van der Waals surface area contributed by atoms with Gasteiger partial charge in [0, 0.05) is 43.1 Å². The molecule has 0 unspecified atom stereocenters. The monoisotopic (exact) mass is 448 g/mol. The van der Waals surface area contributed by atoms with E-state index in [2.05, 4.69) is 10.6 Å². The van der Waals surface area contributed by atoms with Crippen LogP contribution in [0.5, 0.6) is 0 Å². The van der Waals surface area contributed by atoms with Crippen molar-refractivity contribution in [3.8, 4) is 0 Å². The largest absolute Gasteiger partial charge is 0.336 e. The first kappa shape index (κ1) is 21.7. The summed E-state index contributed by atoms with van der Waals surface area (Å²) in [4.78, 5) is 41.9. The van der Waals surface area contributed by atoms with Crippen LogP contribution in [0.1, 0.15) is 20.0 Å². The predicted molar refractivity (Wildman–Crippen MR) is 126 cm³/mol. The van der Waals surface area contributed by atoms with Crippen molar-refractivity contribution in [2.75, 3.05) is 43.4 Å². The molecule has 0 spiro atoms. The third-order valence-corrected chi connectivity index (χ3v) is 6.07. The number of hydrogen-bond donors (Lipinski definition) is 2. The minimum atomic E-state index is -0.188. The third-order valence-electron chi connectivity index (χ3n) is 5.20. The number of anilines is 2. The van der Waals surface area contributed by atoms with E-state index >= 15 is 0 Å². The smallest absolute Gasteiger partial charge is 0.265 e. The van der Waals surface area contributed by atoms with E-state index in [1.54, 1.807) is 35.2 Å². The lowest BCUT2D eigenvalue weighted by molar-refractivity contribution is -0.117. The predicted octanol–water partition coefficient (Wildman–Crippen LogP) is 3.40. The Morgan fingerprint density at radius 1 is 0.812 bits per heavy atom. The molecule has 8 heteroatoms. The second-order valence-electron chi connectivity index (χ2n) is 7.49. The van der Waals surface area contributed by atoms with E-state index in [4.69, 9.17) is 0 Å². The molecule has 1 fully saturated rings. The first-order valence-corrected chi connectivity index (χ1v) is 11.3. The molecule has 0 radical (unpaired) electrons. The molecule has 1 saturated heterocycles. The van der Waals surface area contributed by atoms with Crippen molar-refractivity contribution < 1.29 is 14.4 Å². The van der Waals surface area contributed by atoms with E-state index < -0.39 is 0 Å². The van der Waals surface area contributed by atoms with Crippen LogP contribution in [0.4, 0.5) is 11.4 Å². The summed E-state index contributed by atoms with van der Waals surface area (Å²) in [5, 5.41) is 7.57. The fourth-order valence-corrected chi connectivity index (χ4v) is 4.17. The van der Waals surface area contributed by atoms with Gasteiger partial charge in [-0.25, -0.2) is 0 Å². The standard InChI is InChI=1S/C24H24N4O3S/c29-22(25-19-7-2-1-3-8-19)17-27-11-13-28(14-12-27)24(31)18-6-4-9-20(16-18)26-23(30)21-10-5-15-32-21/h1-10,15-16H,11-14,17H2,(H,25,29)(H,26,30). The Balaban J connectivity index is 1.28. The average Bonchev–Trinajstić information content (AvgIpc) is 3.35. The number of amides is 3. The number of thiophene rings is 1. The molecule has 1 aromatic heterocycles. The highest BCUT2D eigenvalue weighted by molar-refractivity contribution is 7.12. The van der Waals surface area contributed by atoms with Crippen LogP contribution in [0.2, 0.25) is 0 Å². The van der Waals surface area contributed by atoms with Gasteiger partial charge in [0.15, 0.2) is 0 Å². The Hall–Kier alpha value is -3.49. The summed E-state index contributed by atoms with van der Waals surface area (Å²) in [6, 6.07) is 19.9. The zero-order valence-electron chi connectivity index (χ0n) is 17.5. The summed E-state index contributed by atoms with van der Waals surface area (Å²) in [6.45, 7) is 2.64. The fraction of sp³-hybridized carbons (Fsp3) is 0.208. The molecule has 2 heterocycles. The van der Waals surface area contributed by atoms with E-state index in [0.29, 0.717) is 48.9 Å². The number of nitrogens with zero attached hydrogens (tertiary/aromatic N) is 2. The van der Waals surface area contributed by atoms with Crippen molar-refractivity contribution in [2.45, 2.75) is 0 Å². The van der Waals surface area contributed by atoms with Gasteiger partial charge in [0.2, 0.25) is 5.91 Å². The van der Waals surface area contributed by atoms with Crippen LogP contribution in [0, 0.1) is 0 Å². The van der Waals surface area contributed by atoms with Crippen LogP contribution in [0.3, 0.4) is 0 Å². The lowest BCUT2D eigenvalue weighted by Gasteiger charge is -2.34. The molecule has 3 aromatic rings. The number of piperazine rings is 1. The second-order valence-corrected chi connectivity index (χ2v) is 8.44. The van der Waals surface area contributed by atoms with Gasteiger partial charge in [-0.15, -0.1) is 11.3 Å². The van der Waals surface area contributed by atoms with Gasteiger partial charge in [-0.3, -0.25) is 19.3 Å². The van der Waals surface area contributed by atoms with Crippen LogP contribution < -0.4 is 10.6 Å². The Morgan fingerprint density at radius 2 is 1.56 bits per heavy atom. The van der Waals surface area contributed by atoms with Crippen molar-refractivity contribution in [3.63, 3.8) is 0 Å². The van der Waals surface area contributed by atoms with E-state index in [1.807, 2.05) is 46.7 Å². The van der Waals surface area contributed by atoms with Gasteiger partial charge in [-0.2, -0.15) is 0 Å². The number of carbonyl (C=O) groups excluding carboxylic acids is 3. The van der Waals surface area contributed by atoms with Gasteiger partial charge in [0.25, 0.3) is 11.8 Å². The number of nitrogens with one attached hydrogen (secondary N) is 2. The lowest BCUT2D eigenvalue weighted by Crippen LogP contribution is -2.50. The van der Waals surface area contributed by atoms with Gasteiger partial charge in [-0.1, -0.05) is 30.3 Å². The van der Waals surface area contributed by atoms with Gasteiger partial charge >= 0.3 is 0 Å². The maximum absolute atomic E-state index is 13.0. The Kier molecular flexibility index (Phi) is 6.94. The van der Waals surface area contributed by atoms with Crippen LogP contribution in [0.25, 0.3) is 0 Å². The zero-order chi connectivity index (χ0) is 22.3. The van der Waals surface area contributed by atoms with Crippen molar-refractivity contribution in [1.82, 2.24) is 9.80 Å². The Morgan fingerprint density at radius 3 is 2.28 bits per heavy atom. The Labute approximate surface area is 190 Å². The molecule has 0 saturated carbocycles. The molecule has 32 heavy (non-hydrogen) atoms. The number of rotatable bonds is 6. The molecule has 7 nitrogen and oxygen atoms in total. The van der Waals surface area contributed by atoms with Crippen molar-refractivity contribution in [1.29, 1.82) is 0 Å². The van der Waals surface area contributed by atoms with Crippen molar-refractivity contribution >= 4 is 40.4 Å². The SMILES string of the molecule is O=C(CN1CCN(C(=O)c2cccc(NC(=O)c3cccs3)c2)CC1)Nc1ccccc1. The van der Waals surface area contributed by atoms with Gasteiger partial charge < -0.3 is 15.5 Å². The molecule has 2 aromatic carbocycles. The number of carbonyl (C=O) groups is 3. The van der Waals surface area contributed by atoms with E-state index in [0.717, 1.165) is 5.69 Å². The Bertz CT molecular complexity index is 1080. The fourth-order valence-electron chi connectivity index (χ4n) is 3.55. The molecule has 1 aliphatic rings. The zero-order valence-corrected chi connectivity index (χ0v) is 18.3. The molecule has 164 valence electrons. The highest BCUT2D eigenvalue weighted by Gasteiger charge is 2.23. The summed E-state index contributed by atoms with van der Waals surface area (Å²) in [7, 11) is 0. The maximum atomic E-state index is 13.0. The molecule has 0 atom stereocenters.